The van der Waals surface area contributed by atoms with Crippen molar-refractivity contribution >= 4 is 17.6 Å². The molecule has 6 N–H and O–H groups in total. The van der Waals surface area contributed by atoms with Crippen LogP contribution in [0.25, 0.3) is 0 Å². The van der Waals surface area contributed by atoms with E-state index in [1.54, 1.807) is 24.1 Å². The van der Waals surface area contributed by atoms with E-state index < -0.39 is 12.1 Å². The van der Waals surface area contributed by atoms with Gasteiger partial charge in [0, 0.05) is 32.2 Å². The van der Waals surface area contributed by atoms with Crippen molar-refractivity contribution < 1.29 is 14.3 Å². The van der Waals surface area contributed by atoms with Crippen molar-refractivity contribution in [2.24, 2.45) is 11.5 Å². The Morgan fingerprint density at radius 3 is 2.47 bits per heavy atom. The number of nitrogens with two attached hydrogens (primary N) is 2. The molecule has 8 nitrogen and oxygen atoms in total. The maximum absolute atomic E-state index is 13.1. The van der Waals surface area contributed by atoms with E-state index in [4.69, 9.17) is 21.6 Å². The number of ether oxygens (including phenoxy) is 1. The van der Waals surface area contributed by atoms with Crippen LogP contribution in [0.2, 0.25) is 0 Å². The topological polar surface area (TPSA) is 135 Å². The van der Waals surface area contributed by atoms with E-state index >= 15 is 0 Å². The number of hydrogen-bond donors (Lipinski definition) is 4. The Labute approximate surface area is 188 Å². The van der Waals surface area contributed by atoms with Gasteiger partial charge >= 0.3 is 0 Å². The Bertz CT molecular complexity index is 932. The molecule has 32 heavy (non-hydrogen) atoms. The minimum Gasteiger partial charge on any atom is -0.384 e. The fourth-order valence-electron chi connectivity index (χ4n) is 3.87. The molecule has 170 valence electrons. The molecule has 3 atom stereocenters. The van der Waals surface area contributed by atoms with Crippen LogP contribution in [0.3, 0.4) is 0 Å². The highest BCUT2D eigenvalue weighted by Crippen LogP contribution is 2.22. The predicted octanol–water partition coefficient (Wildman–Crippen LogP) is 1.16. The SMILES string of the molecule is CO[C@@H]1C[C@@H](C(=O)NCc2ccc(C(=N)N)cc2)N(C(=O)[C@H](N)CCc2ccccc2)C1. The molecule has 0 spiro atoms. The van der Waals surface area contributed by atoms with E-state index in [1.165, 1.54) is 0 Å². The normalized spacial score (nSPS) is 18.9. The van der Waals surface area contributed by atoms with Gasteiger partial charge in [-0.15, -0.1) is 0 Å². The monoisotopic (exact) mass is 437 g/mol. The summed E-state index contributed by atoms with van der Waals surface area (Å²) < 4.78 is 5.43. The highest BCUT2D eigenvalue weighted by atomic mass is 16.5. The van der Waals surface area contributed by atoms with Gasteiger partial charge in [0.25, 0.3) is 0 Å². The molecule has 1 heterocycles. The molecular weight excluding hydrogens is 406 g/mol. The molecule has 2 amide bonds. The minimum atomic E-state index is -0.680. The van der Waals surface area contributed by atoms with Gasteiger partial charge in [0.05, 0.1) is 12.1 Å². The number of benzene rings is 2. The maximum atomic E-state index is 13.1. The Morgan fingerprint density at radius 1 is 1.16 bits per heavy atom. The lowest BCUT2D eigenvalue weighted by molar-refractivity contribution is -0.139. The standard InChI is InChI=1S/C24H31N5O3/c1-32-19-13-21(23(30)28-14-17-7-10-18(11-8-17)22(26)27)29(15-19)24(31)20(25)12-9-16-5-3-2-4-6-16/h2-8,10-11,19-21H,9,12-15,25H2,1H3,(H3,26,27)(H,28,30)/t19-,20-,21+/m1/s1. The predicted molar refractivity (Wildman–Crippen MR) is 123 cm³/mol. The first-order valence-corrected chi connectivity index (χ1v) is 10.7. The molecule has 0 aliphatic carbocycles. The van der Waals surface area contributed by atoms with Crippen molar-refractivity contribution in [3.63, 3.8) is 0 Å². The summed E-state index contributed by atoms with van der Waals surface area (Å²) >= 11 is 0. The maximum Gasteiger partial charge on any atom is 0.243 e. The van der Waals surface area contributed by atoms with Crippen molar-refractivity contribution in [1.29, 1.82) is 5.41 Å². The van der Waals surface area contributed by atoms with Crippen LogP contribution in [0.5, 0.6) is 0 Å². The van der Waals surface area contributed by atoms with Crippen LogP contribution in [-0.4, -0.2) is 54.4 Å². The zero-order chi connectivity index (χ0) is 23.1. The molecule has 1 saturated heterocycles. The van der Waals surface area contributed by atoms with E-state index in [2.05, 4.69) is 5.32 Å². The lowest BCUT2D eigenvalue weighted by atomic mass is 10.0. The van der Waals surface area contributed by atoms with Crippen LogP contribution < -0.4 is 16.8 Å². The van der Waals surface area contributed by atoms with Gasteiger partial charge in [-0.2, -0.15) is 0 Å². The lowest BCUT2D eigenvalue weighted by Gasteiger charge is -2.26. The number of amides is 2. The fraction of sp³-hybridized carbons (Fsp3) is 0.375. The van der Waals surface area contributed by atoms with Crippen LogP contribution in [0, 0.1) is 5.41 Å². The first-order chi connectivity index (χ1) is 15.4. The molecule has 2 aromatic rings. The lowest BCUT2D eigenvalue weighted by Crippen LogP contribution is -2.51. The summed E-state index contributed by atoms with van der Waals surface area (Å²) in [5.41, 5.74) is 14.3. The number of hydrogen-bond acceptors (Lipinski definition) is 5. The van der Waals surface area contributed by atoms with E-state index in [9.17, 15) is 9.59 Å². The van der Waals surface area contributed by atoms with E-state index in [0.717, 1.165) is 11.1 Å². The molecule has 0 aromatic heterocycles. The van der Waals surface area contributed by atoms with Gasteiger partial charge in [0.2, 0.25) is 11.8 Å². The molecule has 2 aromatic carbocycles. The second-order valence-electron chi connectivity index (χ2n) is 8.06. The summed E-state index contributed by atoms with van der Waals surface area (Å²) in [6.07, 6.45) is 1.44. The molecular formula is C24H31N5O3. The third-order valence-electron chi connectivity index (χ3n) is 5.82. The highest BCUT2D eigenvalue weighted by molar-refractivity contribution is 5.95. The van der Waals surface area contributed by atoms with Gasteiger partial charge in [-0.05, 0) is 24.0 Å². The van der Waals surface area contributed by atoms with Gasteiger partial charge in [0.1, 0.15) is 11.9 Å². The average molecular weight is 438 g/mol. The Balaban J connectivity index is 1.59. The number of nitrogens with one attached hydrogen (secondary N) is 2. The number of nitrogens with zero attached hydrogens (tertiary/aromatic N) is 1. The van der Waals surface area contributed by atoms with Crippen LogP contribution in [0.15, 0.2) is 54.6 Å². The molecule has 1 fully saturated rings. The molecule has 1 aliphatic heterocycles. The molecule has 0 radical (unpaired) electrons. The van der Waals surface area contributed by atoms with Crippen LogP contribution in [0.1, 0.15) is 29.5 Å². The number of amidine groups is 1. The summed E-state index contributed by atoms with van der Waals surface area (Å²) in [7, 11) is 1.58. The Hall–Kier alpha value is -3.23. The van der Waals surface area contributed by atoms with Gasteiger partial charge in [-0.25, -0.2) is 0 Å². The van der Waals surface area contributed by atoms with Crippen molar-refractivity contribution in [2.45, 2.75) is 44.0 Å². The van der Waals surface area contributed by atoms with Crippen molar-refractivity contribution in [3.8, 4) is 0 Å². The quantitative estimate of drug-likeness (QED) is 0.345. The summed E-state index contributed by atoms with van der Waals surface area (Å²) in [6.45, 7) is 0.660. The van der Waals surface area contributed by atoms with Crippen LogP contribution in [-0.2, 0) is 27.3 Å². The highest BCUT2D eigenvalue weighted by Gasteiger charge is 2.41. The van der Waals surface area contributed by atoms with E-state index in [-0.39, 0.29) is 23.8 Å². The molecule has 1 aliphatic rings. The fourth-order valence-corrected chi connectivity index (χ4v) is 3.87. The smallest absolute Gasteiger partial charge is 0.243 e. The average Bonchev–Trinajstić information content (AvgIpc) is 3.26. The third-order valence-corrected chi connectivity index (χ3v) is 5.82. The summed E-state index contributed by atoms with van der Waals surface area (Å²) in [6, 6.07) is 15.7. The largest absolute Gasteiger partial charge is 0.384 e. The number of carbonyl (C=O) groups excluding carboxylic acids is 2. The third kappa shape index (κ3) is 5.93. The first kappa shape index (κ1) is 23.4. The number of carbonyl (C=O) groups is 2. The number of nitrogen functional groups attached to an aromatic ring is 1. The number of likely N-dealkylation sites (tertiary alicyclic amines) is 1. The van der Waals surface area contributed by atoms with Crippen LogP contribution >= 0.6 is 0 Å². The van der Waals surface area contributed by atoms with Gasteiger partial charge < -0.3 is 26.4 Å². The summed E-state index contributed by atoms with van der Waals surface area (Å²) in [5, 5.41) is 10.4. The summed E-state index contributed by atoms with van der Waals surface area (Å²) in [5.74, 6) is -0.467. The van der Waals surface area contributed by atoms with Gasteiger partial charge in [-0.1, -0.05) is 54.6 Å². The second-order valence-corrected chi connectivity index (χ2v) is 8.06. The zero-order valence-electron chi connectivity index (χ0n) is 18.3. The molecule has 3 rings (SSSR count). The molecule has 0 bridgehead atoms. The molecule has 8 heteroatoms. The molecule has 0 saturated carbocycles. The van der Waals surface area contributed by atoms with Crippen molar-refractivity contribution in [2.75, 3.05) is 13.7 Å². The second kappa shape index (κ2) is 10.9. The minimum absolute atomic E-state index is 0.00472. The van der Waals surface area contributed by atoms with Crippen molar-refractivity contribution in [3.05, 3.63) is 71.3 Å². The van der Waals surface area contributed by atoms with Crippen molar-refractivity contribution in [1.82, 2.24) is 10.2 Å². The zero-order valence-corrected chi connectivity index (χ0v) is 18.3. The summed E-state index contributed by atoms with van der Waals surface area (Å²) in [4.78, 5) is 27.5. The Morgan fingerprint density at radius 2 is 1.84 bits per heavy atom. The van der Waals surface area contributed by atoms with Crippen LogP contribution in [0.4, 0.5) is 0 Å². The van der Waals surface area contributed by atoms with Gasteiger partial charge in [-0.3, -0.25) is 15.0 Å². The number of rotatable bonds is 9. The number of methoxy groups -OCH3 is 1. The first-order valence-electron chi connectivity index (χ1n) is 10.7. The Kier molecular flexibility index (Phi) is 7.97. The molecule has 0 unspecified atom stereocenters. The van der Waals surface area contributed by atoms with E-state index in [1.807, 2.05) is 42.5 Å². The van der Waals surface area contributed by atoms with Gasteiger partial charge in [0.15, 0.2) is 0 Å². The van der Waals surface area contributed by atoms with E-state index in [0.29, 0.717) is 37.9 Å². The number of aryl methyl sites for hydroxylation is 1.